The maximum atomic E-state index is 9.67. The van der Waals surface area contributed by atoms with Crippen molar-refractivity contribution < 1.29 is 14.9 Å². The molecule has 1 unspecified atom stereocenters. The van der Waals surface area contributed by atoms with Gasteiger partial charge in [-0.25, -0.2) is 0 Å². The maximum absolute atomic E-state index is 9.67. The number of aromatic hydroxyl groups is 1. The zero-order chi connectivity index (χ0) is 11.5. The highest BCUT2D eigenvalue weighted by Crippen LogP contribution is 2.32. The number of phenolic OH excluding ortho intramolecular Hbond substituents is 1. The number of benzene rings is 1. The van der Waals surface area contributed by atoms with Gasteiger partial charge in [-0.05, 0) is 18.6 Å². The fraction of sp³-hybridized carbons (Fsp3) is 0.500. The van der Waals surface area contributed by atoms with Crippen molar-refractivity contribution in [3.05, 3.63) is 18.2 Å². The Morgan fingerprint density at radius 1 is 1.50 bits per heavy atom. The van der Waals surface area contributed by atoms with Crippen molar-refractivity contribution in [2.45, 2.75) is 6.42 Å². The van der Waals surface area contributed by atoms with E-state index in [4.69, 9.17) is 9.84 Å². The van der Waals surface area contributed by atoms with Crippen LogP contribution in [-0.4, -0.2) is 37.0 Å². The van der Waals surface area contributed by atoms with Crippen molar-refractivity contribution >= 4 is 5.69 Å². The number of rotatable bonds is 3. The predicted molar refractivity (Wildman–Crippen MR) is 62.1 cm³/mol. The lowest BCUT2D eigenvalue weighted by Crippen LogP contribution is -2.20. The molecule has 2 N–H and O–H groups in total. The average Bonchev–Trinajstić information content (AvgIpc) is 2.77. The standard InChI is InChI=1S/C12H17NO3/c1-16-12-3-2-10(6-11(12)15)13-5-4-9(7-13)8-14/h2-3,6,9,14-15H,4-5,7-8H2,1H3. The molecule has 0 saturated carbocycles. The number of methoxy groups -OCH3 is 1. The highest BCUT2D eigenvalue weighted by atomic mass is 16.5. The van der Waals surface area contributed by atoms with Gasteiger partial charge < -0.3 is 19.8 Å². The first kappa shape index (κ1) is 11.1. The van der Waals surface area contributed by atoms with E-state index in [2.05, 4.69) is 4.90 Å². The number of aliphatic hydroxyl groups excluding tert-OH is 1. The Labute approximate surface area is 95.1 Å². The molecule has 1 atom stereocenters. The van der Waals surface area contributed by atoms with Crippen molar-refractivity contribution in [2.24, 2.45) is 5.92 Å². The van der Waals surface area contributed by atoms with Gasteiger partial charge in [-0.2, -0.15) is 0 Å². The topological polar surface area (TPSA) is 52.9 Å². The minimum Gasteiger partial charge on any atom is -0.504 e. The number of phenols is 1. The molecule has 1 saturated heterocycles. The van der Waals surface area contributed by atoms with E-state index in [-0.39, 0.29) is 12.4 Å². The molecule has 0 aliphatic carbocycles. The lowest BCUT2D eigenvalue weighted by Gasteiger charge is -2.19. The van der Waals surface area contributed by atoms with Gasteiger partial charge in [0.2, 0.25) is 0 Å². The van der Waals surface area contributed by atoms with Crippen LogP contribution in [0.3, 0.4) is 0 Å². The van der Waals surface area contributed by atoms with Crippen LogP contribution in [0.15, 0.2) is 18.2 Å². The van der Waals surface area contributed by atoms with Crippen molar-refractivity contribution in [3.8, 4) is 11.5 Å². The highest BCUT2D eigenvalue weighted by Gasteiger charge is 2.22. The molecule has 1 aliphatic heterocycles. The number of ether oxygens (including phenoxy) is 1. The lowest BCUT2D eigenvalue weighted by atomic mass is 10.1. The minimum atomic E-state index is 0.160. The third-order valence-electron chi connectivity index (χ3n) is 3.07. The Morgan fingerprint density at radius 2 is 2.31 bits per heavy atom. The fourth-order valence-electron chi connectivity index (χ4n) is 2.09. The van der Waals surface area contributed by atoms with Crippen molar-refractivity contribution in [2.75, 3.05) is 31.7 Å². The molecular formula is C12H17NO3. The number of aliphatic hydroxyl groups is 1. The van der Waals surface area contributed by atoms with E-state index < -0.39 is 0 Å². The van der Waals surface area contributed by atoms with Gasteiger partial charge in [0.25, 0.3) is 0 Å². The van der Waals surface area contributed by atoms with Crippen molar-refractivity contribution in [1.82, 2.24) is 0 Å². The Morgan fingerprint density at radius 3 is 2.88 bits per heavy atom. The minimum absolute atomic E-state index is 0.160. The van der Waals surface area contributed by atoms with Crippen LogP contribution in [0.2, 0.25) is 0 Å². The zero-order valence-corrected chi connectivity index (χ0v) is 9.39. The summed E-state index contributed by atoms with van der Waals surface area (Å²) in [5.74, 6) is 0.998. The van der Waals surface area contributed by atoms with Crippen LogP contribution in [0.25, 0.3) is 0 Å². The summed E-state index contributed by atoms with van der Waals surface area (Å²) in [5.41, 5.74) is 0.981. The monoisotopic (exact) mass is 223 g/mol. The molecule has 88 valence electrons. The first-order valence-corrected chi connectivity index (χ1v) is 5.47. The van der Waals surface area contributed by atoms with Crippen molar-refractivity contribution in [3.63, 3.8) is 0 Å². The van der Waals surface area contributed by atoms with Gasteiger partial charge in [0.1, 0.15) is 0 Å². The Hall–Kier alpha value is -1.42. The summed E-state index contributed by atoms with van der Waals surface area (Å²) >= 11 is 0. The molecule has 1 aromatic rings. The summed E-state index contributed by atoms with van der Waals surface area (Å²) in [6.45, 7) is 2.01. The van der Waals surface area contributed by atoms with Crippen LogP contribution in [-0.2, 0) is 0 Å². The van der Waals surface area contributed by atoms with Crippen LogP contribution in [0.4, 0.5) is 5.69 Å². The fourth-order valence-corrected chi connectivity index (χ4v) is 2.09. The van der Waals surface area contributed by atoms with E-state index in [0.29, 0.717) is 11.7 Å². The largest absolute Gasteiger partial charge is 0.504 e. The average molecular weight is 223 g/mol. The van der Waals surface area contributed by atoms with E-state index >= 15 is 0 Å². The Balaban J connectivity index is 2.13. The second-order valence-corrected chi connectivity index (χ2v) is 4.14. The molecule has 0 bridgehead atoms. The Kier molecular flexibility index (Phi) is 3.19. The SMILES string of the molecule is COc1ccc(N2CCC(CO)C2)cc1O. The normalized spacial score (nSPS) is 20.1. The molecule has 4 heteroatoms. The second-order valence-electron chi connectivity index (χ2n) is 4.14. The van der Waals surface area contributed by atoms with Gasteiger partial charge in [-0.3, -0.25) is 0 Å². The maximum Gasteiger partial charge on any atom is 0.160 e. The summed E-state index contributed by atoms with van der Waals surface area (Å²) < 4.78 is 5.00. The van der Waals surface area contributed by atoms with Gasteiger partial charge in [0, 0.05) is 37.4 Å². The summed E-state index contributed by atoms with van der Waals surface area (Å²) in [4.78, 5) is 2.17. The van der Waals surface area contributed by atoms with Crippen LogP contribution in [0, 0.1) is 5.92 Å². The van der Waals surface area contributed by atoms with Gasteiger partial charge in [0.05, 0.1) is 7.11 Å². The second kappa shape index (κ2) is 4.61. The molecule has 0 radical (unpaired) electrons. The summed E-state index contributed by atoms with van der Waals surface area (Å²) in [7, 11) is 1.53. The Bertz CT molecular complexity index is 367. The summed E-state index contributed by atoms with van der Waals surface area (Å²) in [6, 6.07) is 5.40. The van der Waals surface area contributed by atoms with E-state index in [0.717, 1.165) is 25.2 Å². The number of hydrogen-bond donors (Lipinski definition) is 2. The quantitative estimate of drug-likeness (QED) is 0.809. The molecule has 1 heterocycles. The third kappa shape index (κ3) is 2.07. The van der Waals surface area contributed by atoms with E-state index in [9.17, 15) is 5.11 Å². The molecular weight excluding hydrogens is 206 g/mol. The predicted octanol–water partition coefficient (Wildman–Crippen LogP) is 1.22. The lowest BCUT2D eigenvalue weighted by molar-refractivity contribution is 0.238. The summed E-state index contributed by atoms with van der Waals surface area (Å²) in [5, 5.41) is 18.7. The summed E-state index contributed by atoms with van der Waals surface area (Å²) in [6.07, 6.45) is 1.00. The van der Waals surface area contributed by atoms with Crippen LogP contribution in [0.1, 0.15) is 6.42 Å². The highest BCUT2D eigenvalue weighted by molar-refractivity contribution is 5.56. The molecule has 16 heavy (non-hydrogen) atoms. The first-order chi connectivity index (χ1) is 7.74. The van der Waals surface area contributed by atoms with E-state index in [1.54, 1.807) is 12.1 Å². The number of hydrogen-bond acceptors (Lipinski definition) is 4. The molecule has 4 nitrogen and oxygen atoms in total. The van der Waals surface area contributed by atoms with Crippen molar-refractivity contribution in [1.29, 1.82) is 0 Å². The molecule has 2 rings (SSSR count). The molecule has 0 spiro atoms. The van der Waals surface area contributed by atoms with Gasteiger partial charge in [0.15, 0.2) is 11.5 Å². The molecule has 1 aliphatic rings. The molecule has 1 aromatic carbocycles. The van der Waals surface area contributed by atoms with E-state index in [1.807, 2.05) is 6.07 Å². The smallest absolute Gasteiger partial charge is 0.160 e. The van der Waals surface area contributed by atoms with Gasteiger partial charge in [-0.15, -0.1) is 0 Å². The van der Waals surface area contributed by atoms with Crippen LogP contribution >= 0.6 is 0 Å². The van der Waals surface area contributed by atoms with Crippen LogP contribution < -0.4 is 9.64 Å². The molecule has 0 amide bonds. The van der Waals surface area contributed by atoms with Crippen LogP contribution in [0.5, 0.6) is 11.5 Å². The zero-order valence-electron chi connectivity index (χ0n) is 9.39. The van der Waals surface area contributed by atoms with Gasteiger partial charge in [-0.1, -0.05) is 0 Å². The van der Waals surface area contributed by atoms with E-state index in [1.165, 1.54) is 7.11 Å². The number of anilines is 1. The van der Waals surface area contributed by atoms with Gasteiger partial charge >= 0.3 is 0 Å². The third-order valence-corrected chi connectivity index (χ3v) is 3.07. The molecule has 1 fully saturated rings. The number of nitrogens with zero attached hydrogens (tertiary/aromatic N) is 1. The molecule has 0 aromatic heterocycles. The first-order valence-electron chi connectivity index (χ1n) is 5.47.